The smallest absolute Gasteiger partial charge is 0.257 e. The maximum Gasteiger partial charge on any atom is 0.257 e. The Morgan fingerprint density at radius 1 is 1.19 bits per heavy atom. The number of hydrogen-bond donors (Lipinski definition) is 2. The summed E-state index contributed by atoms with van der Waals surface area (Å²) in [5, 5.41) is 7.18. The highest BCUT2D eigenvalue weighted by Gasteiger charge is 2.31. The van der Waals surface area contributed by atoms with Gasteiger partial charge >= 0.3 is 0 Å². The van der Waals surface area contributed by atoms with E-state index in [1.165, 1.54) is 17.7 Å². The summed E-state index contributed by atoms with van der Waals surface area (Å²) in [6.07, 6.45) is 4.12. The number of aryl methyl sites for hydroxylation is 1. The zero-order valence-corrected chi connectivity index (χ0v) is 15.4. The fourth-order valence-electron chi connectivity index (χ4n) is 3.83. The molecule has 1 saturated heterocycles. The number of likely N-dealkylation sites (tertiary alicyclic amines) is 1. The number of nitrogens with one attached hydrogen (secondary N) is 2. The van der Waals surface area contributed by atoms with E-state index in [-0.39, 0.29) is 11.9 Å². The zero-order valence-electron chi connectivity index (χ0n) is 15.4. The lowest BCUT2D eigenvalue weighted by Gasteiger charge is -2.23. The topological polar surface area (TPSA) is 72.7 Å². The Hall–Kier alpha value is -2.86. The van der Waals surface area contributed by atoms with E-state index in [1.807, 2.05) is 42.5 Å². The summed E-state index contributed by atoms with van der Waals surface area (Å²) in [5.41, 5.74) is 1.94. The first-order valence-corrected chi connectivity index (χ1v) is 9.42. The molecule has 0 saturated carbocycles. The number of aromatic nitrogens is 1. The Morgan fingerprint density at radius 2 is 1.96 bits per heavy atom. The van der Waals surface area contributed by atoms with Crippen molar-refractivity contribution in [3.05, 3.63) is 65.8 Å². The Morgan fingerprint density at radius 3 is 2.67 bits per heavy atom. The Kier molecular flexibility index (Phi) is 5.07. The fourth-order valence-corrected chi connectivity index (χ4v) is 3.83. The monoisotopic (exact) mass is 366 g/mol. The SMILES string of the molecule is Cc1onc(-c2ccccc2)c1C(=O)NC[C@@H](c1ccco1)[NH+]1CCCC1. The molecule has 0 unspecified atom stereocenters. The van der Waals surface area contributed by atoms with E-state index in [4.69, 9.17) is 8.94 Å². The highest BCUT2D eigenvalue weighted by molar-refractivity contribution is 6.00. The summed E-state index contributed by atoms with van der Waals surface area (Å²) in [6, 6.07) is 13.6. The fraction of sp³-hybridized carbons (Fsp3) is 0.333. The Bertz CT molecular complexity index is 881. The van der Waals surface area contributed by atoms with Crippen LogP contribution in [0.4, 0.5) is 0 Å². The van der Waals surface area contributed by atoms with Gasteiger partial charge in [-0.3, -0.25) is 4.79 Å². The van der Waals surface area contributed by atoms with Crippen molar-refractivity contribution in [3.8, 4) is 11.3 Å². The van der Waals surface area contributed by atoms with Crippen LogP contribution >= 0.6 is 0 Å². The van der Waals surface area contributed by atoms with Crippen molar-refractivity contribution in [2.24, 2.45) is 0 Å². The van der Waals surface area contributed by atoms with Crippen LogP contribution in [-0.4, -0.2) is 30.7 Å². The second-order valence-electron chi connectivity index (χ2n) is 6.97. The minimum atomic E-state index is -0.164. The molecule has 1 aliphatic rings. The van der Waals surface area contributed by atoms with Gasteiger partial charge in [-0.15, -0.1) is 0 Å². The summed E-state index contributed by atoms with van der Waals surface area (Å²) >= 11 is 0. The quantitative estimate of drug-likeness (QED) is 0.703. The number of furan rings is 1. The van der Waals surface area contributed by atoms with Gasteiger partial charge in [-0.25, -0.2) is 0 Å². The summed E-state index contributed by atoms with van der Waals surface area (Å²) < 4.78 is 11.0. The predicted octanol–water partition coefficient (Wildman–Crippen LogP) is 2.39. The molecule has 0 radical (unpaired) electrons. The first kappa shape index (κ1) is 17.5. The normalized spacial score (nSPS) is 15.7. The number of nitrogens with zero attached hydrogens (tertiary/aromatic N) is 1. The van der Waals surface area contributed by atoms with Gasteiger partial charge in [0.25, 0.3) is 5.91 Å². The number of hydrogen-bond acceptors (Lipinski definition) is 4. The third kappa shape index (κ3) is 3.66. The predicted molar refractivity (Wildman–Crippen MR) is 100 cm³/mol. The molecule has 1 amide bonds. The zero-order chi connectivity index (χ0) is 18.6. The van der Waals surface area contributed by atoms with Crippen molar-refractivity contribution in [3.63, 3.8) is 0 Å². The molecule has 1 atom stereocenters. The van der Waals surface area contributed by atoms with Crippen LogP contribution in [0.15, 0.2) is 57.7 Å². The van der Waals surface area contributed by atoms with E-state index < -0.39 is 0 Å². The average molecular weight is 366 g/mol. The van der Waals surface area contributed by atoms with Crippen molar-refractivity contribution < 1.29 is 18.6 Å². The van der Waals surface area contributed by atoms with Gasteiger partial charge in [0.1, 0.15) is 17.0 Å². The minimum Gasteiger partial charge on any atom is -0.463 e. The highest BCUT2D eigenvalue weighted by Crippen LogP contribution is 2.25. The van der Waals surface area contributed by atoms with Crippen LogP contribution in [0.25, 0.3) is 11.3 Å². The molecule has 3 aromatic rings. The molecular formula is C21H24N3O3+. The number of carbonyl (C=O) groups is 1. The van der Waals surface area contributed by atoms with E-state index in [0.29, 0.717) is 23.6 Å². The number of benzene rings is 1. The van der Waals surface area contributed by atoms with Crippen molar-refractivity contribution in [1.29, 1.82) is 0 Å². The summed E-state index contributed by atoms with van der Waals surface area (Å²) in [5.74, 6) is 1.27. The van der Waals surface area contributed by atoms with Gasteiger partial charge in [0.2, 0.25) is 0 Å². The molecule has 1 aliphatic heterocycles. The first-order chi connectivity index (χ1) is 13.2. The summed E-state index contributed by atoms with van der Waals surface area (Å²) in [4.78, 5) is 14.4. The van der Waals surface area contributed by atoms with Crippen LogP contribution in [-0.2, 0) is 0 Å². The number of quaternary nitrogens is 1. The lowest BCUT2D eigenvalue weighted by molar-refractivity contribution is -0.919. The number of carbonyl (C=O) groups excluding carboxylic acids is 1. The third-order valence-electron chi connectivity index (χ3n) is 5.23. The summed E-state index contributed by atoms with van der Waals surface area (Å²) in [7, 11) is 0. The van der Waals surface area contributed by atoms with Crippen molar-refractivity contribution in [2.45, 2.75) is 25.8 Å². The minimum absolute atomic E-state index is 0.117. The average Bonchev–Trinajstić information content (AvgIpc) is 3.45. The van der Waals surface area contributed by atoms with Crippen LogP contribution < -0.4 is 10.2 Å². The summed E-state index contributed by atoms with van der Waals surface area (Å²) in [6.45, 7) is 4.48. The van der Waals surface area contributed by atoms with Gasteiger partial charge in [-0.1, -0.05) is 35.5 Å². The van der Waals surface area contributed by atoms with E-state index >= 15 is 0 Å². The largest absolute Gasteiger partial charge is 0.463 e. The molecule has 4 rings (SSSR count). The maximum atomic E-state index is 13.0. The molecule has 2 N–H and O–H groups in total. The number of amides is 1. The first-order valence-electron chi connectivity index (χ1n) is 9.42. The van der Waals surface area contributed by atoms with Gasteiger partial charge in [-0.2, -0.15) is 0 Å². The third-order valence-corrected chi connectivity index (χ3v) is 5.23. The van der Waals surface area contributed by atoms with E-state index in [0.717, 1.165) is 24.4 Å². The van der Waals surface area contributed by atoms with Gasteiger partial charge in [0.15, 0.2) is 11.8 Å². The van der Waals surface area contributed by atoms with Crippen LogP contribution in [0.1, 0.15) is 40.8 Å². The maximum absolute atomic E-state index is 13.0. The Labute approximate surface area is 158 Å². The van der Waals surface area contributed by atoms with E-state index in [9.17, 15) is 4.79 Å². The lowest BCUT2D eigenvalue weighted by atomic mass is 10.1. The van der Waals surface area contributed by atoms with Crippen molar-refractivity contribution in [1.82, 2.24) is 10.5 Å². The molecule has 3 heterocycles. The molecule has 6 nitrogen and oxygen atoms in total. The van der Waals surface area contributed by atoms with Gasteiger partial charge in [0, 0.05) is 18.4 Å². The molecular weight excluding hydrogens is 342 g/mol. The molecule has 140 valence electrons. The molecule has 1 fully saturated rings. The highest BCUT2D eigenvalue weighted by atomic mass is 16.5. The molecule has 6 heteroatoms. The molecule has 0 bridgehead atoms. The molecule has 1 aromatic carbocycles. The van der Waals surface area contributed by atoms with Crippen LogP contribution in [0, 0.1) is 6.92 Å². The molecule has 27 heavy (non-hydrogen) atoms. The second kappa shape index (κ2) is 7.80. The molecule has 0 aliphatic carbocycles. The van der Waals surface area contributed by atoms with Crippen molar-refractivity contribution in [2.75, 3.05) is 19.6 Å². The standard InChI is InChI=1S/C21H23N3O3/c1-15-19(20(23-27-15)16-8-3-2-4-9-16)21(25)22-14-17(18-10-7-13-26-18)24-11-5-6-12-24/h2-4,7-10,13,17H,5-6,11-12,14H2,1H3,(H,22,25)/p+1/t17-/m0/s1. The van der Waals surface area contributed by atoms with E-state index in [1.54, 1.807) is 13.2 Å². The Balaban J connectivity index is 1.53. The van der Waals surface area contributed by atoms with Gasteiger partial charge in [0.05, 0.1) is 25.9 Å². The molecule has 0 spiro atoms. The van der Waals surface area contributed by atoms with Crippen LogP contribution in [0.2, 0.25) is 0 Å². The van der Waals surface area contributed by atoms with E-state index in [2.05, 4.69) is 10.5 Å². The molecule has 2 aromatic heterocycles. The van der Waals surface area contributed by atoms with Gasteiger partial charge < -0.3 is 19.2 Å². The van der Waals surface area contributed by atoms with Crippen molar-refractivity contribution >= 4 is 5.91 Å². The van der Waals surface area contributed by atoms with Crippen LogP contribution in [0.5, 0.6) is 0 Å². The lowest BCUT2D eigenvalue weighted by Crippen LogP contribution is -3.11. The van der Waals surface area contributed by atoms with Crippen LogP contribution in [0.3, 0.4) is 0 Å². The number of rotatable bonds is 6. The second-order valence-corrected chi connectivity index (χ2v) is 6.97. The van der Waals surface area contributed by atoms with Gasteiger partial charge in [-0.05, 0) is 19.1 Å².